The number of aryl methyl sites for hydroxylation is 1. The highest BCUT2D eigenvalue weighted by Crippen LogP contribution is 2.19. The second-order valence-corrected chi connectivity index (χ2v) is 3.91. The molecule has 0 spiro atoms. The predicted molar refractivity (Wildman–Crippen MR) is 63.1 cm³/mol. The number of imidazole rings is 1. The minimum atomic E-state index is -0.197. The van der Waals surface area contributed by atoms with Crippen molar-refractivity contribution in [1.29, 1.82) is 0 Å². The van der Waals surface area contributed by atoms with Gasteiger partial charge in [-0.25, -0.2) is 13.9 Å². The zero-order chi connectivity index (χ0) is 11.8. The fraction of sp³-hybridized carbons (Fsp3) is 0.0769. The number of halogens is 1. The van der Waals surface area contributed by atoms with Gasteiger partial charge in [-0.05, 0) is 42.8 Å². The average Bonchev–Trinajstić information content (AvgIpc) is 2.79. The first kappa shape index (κ1) is 9.96. The average molecular weight is 227 g/mol. The van der Waals surface area contributed by atoms with E-state index in [2.05, 4.69) is 10.1 Å². The normalized spacial score (nSPS) is 10.9. The van der Waals surface area contributed by atoms with Crippen LogP contribution in [0.2, 0.25) is 0 Å². The van der Waals surface area contributed by atoms with Gasteiger partial charge in [0, 0.05) is 18.0 Å². The number of benzene rings is 1. The topological polar surface area (TPSA) is 30.2 Å². The Balaban J connectivity index is 2.16. The molecule has 0 amide bonds. The molecule has 1 aromatic carbocycles. The van der Waals surface area contributed by atoms with Crippen LogP contribution in [0.4, 0.5) is 4.39 Å². The van der Waals surface area contributed by atoms with Crippen molar-refractivity contribution in [1.82, 2.24) is 14.6 Å². The molecule has 3 nitrogen and oxygen atoms in total. The van der Waals surface area contributed by atoms with E-state index >= 15 is 0 Å². The van der Waals surface area contributed by atoms with Gasteiger partial charge in [0.1, 0.15) is 5.82 Å². The number of fused-ring (bicyclic) bond motifs is 1. The molecule has 17 heavy (non-hydrogen) atoms. The molecule has 0 aliphatic carbocycles. The van der Waals surface area contributed by atoms with Crippen molar-refractivity contribution < 1.29 is 4.39 Å². The van der Waals surface area contributed by atoms with Crippen molar-refractivity contribution in [2.75, 3.05) is 0 Å². The van der Waals surface area contributed by atoms with Gasteiger partial charge in [0.25, 0.3) is 0 Å². The first-order valence-corrected chi connectivity index (χ1v) is 5.31. The third-order valence-corrected chi connectivity index (χ3v) is 2.71. The van der Waals surface area contributed by atoms with E-state index in [4.69, 9.17) is 0 Å². The van der Waals surface area contributed by atoms with Crippen molar-refractivity contribution in [3.05, 3.63) is 54.1 Å². The maximum absolute atomic E-state index is 13.2. The van der Waals surface area contributed by atoms with E-state index < -0.39 is 0 Å². The van der Waals surface area contributed by atoms with Gasteiger partial charge in [0.15, 0.2) is 5.65 Å². The van der Waals surface area contributed by atoms with Crippen LogP contribution in [-0.4, -0.2) is 14.6 Å². The molecule has 0 fully saturated rings. The van der Waals surface area contributed by atoms with Crippen LogP contribution in [0.25, 0.3) is 16.9 Å². The first-order chi connectivity index (χ1) is 8.24. The molecule has 3 rings (SSSR count). The smallest absolute Gasteiger partial charge is 0.153 e. The van der Waals surface area contributed by atoms with Crippen LogP contribution in [0, 0.1) is 12.7 Å². The van der Waals surface area contributed by atoms with E-state index in [1.807, 2.05) is 12.1 Å². The van der Waals surface area contributed by atoms with Gasteiger partial charge in [0.2, 0.25) is 0 Å². The van der Waals surface area contributed by atoms with E-state index in [1.54, 1.807) is 36.0 Å². The van der Waals surface area contributed by atoms with E-state index in [9.17, 15) is 4.39 Å². The largest absolute Gasteiger partial charge is 0.236 e. The van der Waals surface area contributed by atoms with Crippen molar-refractivity contribution in [2.24, 2.45) is 0 Å². The summed E-state index contributed by atoms with van der Waals surface area (Å²) >= 11 is 0. The van der Waals surface area contributed by atoms with Crippen LogP contribution >= 0.6 is 0 Å². The van der Waals surface area contributed by atoms with Gasteiger partial charge < -0.3 is 0 Å². The Labute approximate surface area is 97.5 Å². The van der Waals surface area contributed by atoms with Crippen molar-refractivity contribution in [3.63, 3.8) is 0 Å². The van der Waals surface area contributed by atoms with Gasteiger partial charge in [0.05, 0.1) is 5.69 Å². The van der Waals surface area contributed by atoms with Crippen molar-refractivity contribution in [3.8, 4) is 11.3 Å². The Hall–Kier alpha value is -2.23. The maximum atomic E-state index is 13.2. The summed E-state index contributed by atoms with van der Waals surface area (Å²) in [6.45, 7) is 1.74. The third kappa shape index (κ3) is 1.67. The van der Waals surface area contributed by atoms with Crippen LogP contribution in [0.5, 0.6) is 0 Å². The van der Waals surface area contributed by atoms with Crippen LogP contribution in [0.3, 0.4) is 0 Å². The highest BCUT2D eigenvalue weighted by atomic mass is 19.1. The molecule has 4 heteroatoms. The Bertz CT molecular complexity index is 688. The Morgan fingerprint density at radius 3 is 2.88 bits per heavy atom. The zero-order valence-electron chi connectivity index (χ0n) is 9.26. The lowest BCUT2D eigenvalue weighted by Gasteiger charge is -2.03. The van der Waals surface area contributed by atoms with E-state index in [0.717, 1.165) is 16.9 Å². The monoisotopic (exact) mass is 227 g/mol. The van der Waals surface area contributed by atoms with Gasteiger partial charge in [-0.3, -0.25) is 0 Å². The van der Waals surface area contributed by atoms with Crippen LogP contribution in [0.1, 0.15) is 5.56 Å². The molecule has 0 unspecified atom stereocenters. The summed E-state index contributed by atoms with van der Waals surface area (Å²) in [5, 5.41) is 4.41. The molecular formula is C13H10FN3. The Kier molecular flexibility index (Phi) is 2.14. The number of nitrogens with zero attached hydrogens (tertiary/aromatic N) is 3. The molecule has 0 saturated heterocycles. The fourth-order valence-corrected chi connectivity index (χ4v) is 1.77. The molecule has 2 aromatic heterocycles. The maximum Gasteiger partial charge on any atom is 0.153 e. The highest BCUT2D eigenvalue weighted by Gasteiger charge is 2.04. The quantitative estimate of drug-likeness (QED) is 0.640. The molecule has 84 valence electrons. The van der Waals surface area contributed by atoms with Gasteiger partial charge in [-0.1, -0.05) is 0 Å². The number of hydrogen-bond acceptors (Lipinski definition) is 2. The summed E-state index contributed by atoms with van der Waals surface area (Å²) in [6, 6.07) is 8.76. The number of aromatic nitrogens is 3. The van der Waals surface area contributed by atoms with Gasteiger partial charge >= 0.3 is 0 Å². The van der Waals surface area contributed by atoms with E-state index in [0.29, 0.717) is 5.56 Å². The molecule has 0 aliphatic heterocycles. The summed E-state index contributed by atoms with van der Waals surface area (Å²) in [5.74, 6) is -0.197. The Morgan fingerprint density at radius 1 is 1.18 bits per heavy atom. The van der Waals surface area contributed by atoms with E-state index in [1.165, 1.54) is 6.07 Å². The molecule has 0 radical (unpaired) electrons. The van der Waals surface area contributed by atoms with Crippen LogP contribution in [0.15, 0.2) is 42.7 Å². The summed E-state index contributed by atoms with van der Waals surface area (Å²) in [5.41, 5.74) is 3.13. The lowest BCUT2D eigenvalue weighted by molar-refractivity contribution is 0.618. The molecule has 0 bridgehead atoms. The number of rotatable bonds is 1. The summed E-state index contributed by atoms with van der Waals surface area (Å²) in [7, 11) is 0. The highest BCUT2D eigenvalue weighted by molar-refractivity contribution is 5.61. The molecule has 0 atom stereocenters. The summed E-state index contributed by atoms with van der Waals surface area (Å²) in [4.78, 5) is 4.13. The molecule has 2 heterocycles. The minimum Gasteiger partial charge on any atom is -0.236 e. The first-order valence-electron chi connectivity index (χ1n) is 5.31. The fourth-order valence-electron chi connectivity index (χ4n) is 1.77. The van der Waals surface area contributed by atoms with Crippen molar-refractivity contribution in [2.45, 2.75) is 6.92 Å². The number of hydrogen-bond donors (Lipinski definition) is 0. The van der Waals surface area contributed by atoms with Crippen molar-refractivity contribution >= 4 is 5.65 Å². The molecule has 0 N–H and O–H groups in total. The zero-order valence-corrected chi connectivity index (χ0v) is 9.26. The standard InChI is InChI=1S/C13H10FN3/c1-9-8-10(2-3-11(9)14)12-4-5-13-15-6-7-17(13)16-12/h2-8H,1H3. The third-order valence-electron chi connectivity index (χ3n) is 2.71. The van der Waals surface area contributed by atoms with Crippen LogP contribution in [-0.2, 0) is 0 Å². The molecular weight excluding hydrogens is 217 g/mol. The SMILES string of the molecule is Cc1cc(-c2ccc3nccn3n2)ccc1F. The van der Waals surface area contributed by atoms with Gasteiger partial charge in [-0.15, -0.1) is 0 Å². The summed E-state index contributed by atoms with van der Waals surface area (Å²) in [6.07, 6.45) is 3.48. The van der Waals surface area contributed by atoms with E-state index in [-0.39, 0.29) is 5.82 Å². The van der Waals surface area contributed by atoms with Crippen LogP contribution < -0.4 is 0 Å². The summed E-state index contributed by atoms with van der Waals surface area (Å²) < 4.78 is 14.9. The minimum absolute atomic E-state index is 0.197. The second kappa shape index (κ2) is 3.66. The lowest BCUT2D eigenvalue weighted by atomic mass is 10.1. The Morgan fingerprint density at radius 2 is 2.06 bits per heavy atom. The molecule has 0 saturated carbocycles. The lowest BCUT2D eigenvalue weighted by Crippen LogP contribution is -1.94. The molecule has 0 aliphatic rings. The molecule has 3 aromatic rings. The second-order valence-electron chi connectivity index (χ2n) is 3.91. The van der Waals surface area contributed by atoms with Gasteiger partial charge in [-0.2, -0.15) is 5.10 Å². The predicted octanol–water partition coefficient (Wildman–Crippen LogP) is 2.84.